The number of benzene rings is 2. The van der Waals surface area contributed by atoms with Gasteiger partial charge >= 0.3 is 0 Å². The van der Waals surface area contributed by atoms with E-state index in [9.17, 15) is 9.59 Å². The molecule has 0 aliphatic carbocycles. The van der Waals surface area contributed by atoms with Crippen LogP contribution in [0, 0.1) is 0 Å². The van der Waals surface area contributed by atoms with Crippen molar-refractivity contribution in [2.24, 2.45) is 0 Å². The van der Waals surface area contributed by atoms with Gasteiger partial charge in [-0.05, 0) is 44.0 Å². The third-order valence-electron chi connectivity index (χ3n) is 4.16. The molecule has 0 spiro atoms. The van der Waals surface area contributed by atoms with E-state index in [1.807, 2.05) is 37.3 Å². The van der Waals surface area contributed by atoms with Crippen LogP contribution in [0.4, 0.5) is 0 Å². The van der Waals surface area contributed by atoms with Crippen LogP contribution in [0.1, 0.15) is 19.4 Å². The monoisotopic (exact) mass is 388 g/mol. The van der Waals surface area contributed by atoms with Gasteiger partial charge in [0.1, 0.15) is 11.8 Å². The molecular weight excluding hydrogens is 364 g/mol. The Labute approximate surface area is 165 Å². The molecule has 27 heavy (non-hydrogen) atoms. The Hall–Kier alpha value is -2.53. The van der Waals surface area contributed by atoms with Crippen molar-refractivity contribution in [2.75, 3.05) is 19.7 Å². The SMILES string of the molecule is CCNC(=O)[C@H](C)N(CCc1ccccc1)C(=O)COc1cccc(Cl)c1. The molecule has 6 heteroatoms. The molecule has 1 N–H and O–H groups in total. The lowest BCUT2D eigenvalue weighted by Gasteiger charge is -2.28. The normalized spacial score (nSPS) is 11.5. The standard InChI is InChI=1S/C21H25ClN2O3/c1-3-23-21(26)16(2)24(13-12-17-8-5-4-6-9-17)20(25)15-27-19-11-7-10-18(22)14-19/h4-11,14,16H,3,12-13,15H2,1-2H3,(H,23,26)/t16-/m0/s1. The summed E-state index contributed by atoms with van der Waals surface area (Å²) in [6.07, 6.45) is 0.660. The average Bonchev–Trinajstić information content (AvgIpc) is 2.67. The largest absolute Gasteiger partial charge is 0.484 e. The topological polar surface area (TPSA) is 58.6 Å². The van der Waals surface area contributed by atoms with Crippen LogP contribution in [-0.4, -0.2) is 42.5 Å². The van der Waals surface area contributed by atoms with E-state index >= 15 is 0 Å². The van der Waals surface area contributed by atoms with E-state index in [0.29, 0.717) is 30.3 Å². The number of hydrogen-bond acceptors (Lipinski definition) is 3. The summed E-state index contributed by atoms with van der Waals surface area (Å²) in [7, 11) is 0. The minimum Gasteiger partial charge on any atom is -0.484 e. The van der Waals surface area contributed by atoms with Crippen molar-refractivity contribution >= 4 is 23.4 Å². The van der Waals surface area contributed by atoms with Crippen LogP contribution < -0.4 is 10.1 Å². The first kappa shape index (κ1) is 20.8. The molecule has 1 atom stereocenters. The highest BCUT2D eigenvalue weighted by Crippen LogP contribution is 2.17. The van der Waals surface area contributed by atoms with Crippen molar-refractivity contribution in [3.63, 3.8) is 0 Å². The molecule has 0 radical (unpaired) electrons. The van der Waals surface area contributed by atoms with Gasteiger partial charge in [-0.1, -0.05) is 48.0 Å². The van der Waals surface area contributed by atoms with Gasteiger partial charge in [0.25, 0.3) is 5.91 Å². The minimum absolute atomic E-state index is 0.154. The number of carbonyl (C=O) groups excluding carboxylic acids is 2. The van der Waals surface area contributed by atoms with E-state index in [-0.39, 0.29) is 18.4 Å². The number of halogens is 1. The molecule has 144 valence electrons. The third kappa shape index (κ3) is 6.61. The quantitative estimate of drug-likeness (QED) is 0.716. The van der Waals surface area contributed by atoms with Gasteiger partial charge in [-0.25, -0.2) is 0 Å². The Morgan fingerprint density at radius 3 is 2.56 bits per heavy atom. The molecule has 2 aromatic carbocycles. The molecule has 0 aliphatic rings. The Balaban J connectivity index is 2.04. The predicted molar refractivity (Wildman–Crippen MR) is 107 cm³/mol. The van der Waals surface area contributed by atoms with E-state index in [4.69, 9.17) is 16.3 Å². The summed E-state index contributed by atoms with van der Waals surface area (Å²) in [5, 5.41) is 3.31. The summed E-state index contributed by atoms with van der Waals surface area (Å²) >= 11 is 5.94. The molecule has 0 aromatic heterocycles. The van der Waals surface area contributed by atoms with Crippen molar-refractivity contribution in [1.82, 2.24) is 10.2 Å². The lowest BCUT2D eigenvalue weighted by molar-refractivity contribution is -0.141. The Morgan fingerprint density at radius 2 is 1.89 bits per heavy atom. The Bertz CT molecular complexity index is 752. The van der Waals surface area contributed by atoms with E-state index in [0.717, 1.165) is 5.56 Å². The molecule has 0 saturated carbocycles. The van der Waals surface area contributed by atoms with Crippen LogP contribution >= 0.6 is 11.6 Å². The van der Waals surface area contributed by atoms with Crippen LogP contribution in [0.2, 0.25) is 5.02 Å². The van der Waals surface area contributed by atoms with Crippen molar-refractivity contribution in [3.8, 4) is 5.75 Å². The van der Waals surface area contributed by atoms with Gasteiger partial charge in [-0.2, -0.15) is 0 Å². The number of amides is 2. The highest BCUT2D eigenvalue weighted by molar-refractivity contribution is 6.30. The molecule has 0 aliphatic heterocycles. The summed E-state index contributed by atoms with van der Waals surface area (Å²) in [5.74, 6) is 0.0934. The fourth-order valence-electron chi connectivity index (χ4n) is 2.68. The second kappa shape index (κ2) is 10.6. The highest BCUT2D eigenvalue weighted by Gasteiger charge is 2.25. The maximum absolute atomic E-state index is 12.8. The van der Waals surface area contributed by atoms with Gasteiger partial charge < -0.3 is 15.0 Å². The van der Waals surface area contributed by atoms with E-state index in [1.54, 1.807) is 36.1 Å². The first-order valence-electron chi connectivity index (χ1n) is 9.00. The minimum atomic E-state index is -0.580. The number of hydrogen-bond donors (Lipinski definition) is 1. The van der Waals surface area contributed by atoms with E-state index < -0.39 is 6.04 Å². The fraction of sp³-hybridized carbons (Fsp3) is 0.333. The molecule has 0 fully saturated rings. The zero-order valence-electron chi connectivity index (χ0n) is 15.7. The molecule has 0 unspecified atom stereocenters. The summed E-state index contributed by atoms with van der Waals surface area (Å²) in [6.45, 7) is 4.37. The zero-order chi connectivity index (χ0) is 19.6. The van der Waals surface area contributed by atoms with Crippen LogP contribution in [-0.2, 0) is 16.0 Å². The van der Waals surface area contributed by atoms with Crippen LogP contribution in [0.25, 0.3) is 0 Å². The molecule has 5 nitrogen and oxygen atoms in total. The number of nitrogens with one attached hydrogen (secondary N) is 1. The van der Waals surface area contributed by atoms with Gasteiger partial charge in [-0.15, -0.1) is 0 Å². The fourth-order valence-corrected chi connectivity index (χ4v) is 2.86. The first-order chi connectivity index (χ1) is 13.0. The summed E-state index contributed by atoms with van der Waals surface area (Å²) in [6, 6.07) is 16.2. The van der Waals surface area contributed by atoms with Gasteiger partial charge in [0.15, 0.2) is 6.61 Å². The molecular formula is C21H25ClN2O3. The molecule has 2 rings (SSSR count). The maximum Gasteiger partial charge on any atom is 0.261 e. The summed E-state index contributed by atoms with van der Waals surface area (Å²) in [4.78, 5) is 26.6. The van der Waals surface area contributed by atoms with Crippen molar-refractivity contribution in [1.29, 1.82) is 0 Å². The Morgan fingerprint density at radius 1 is 1.15 bits per heavy atom. The zero-order valence-corrected chi connectivity index (χ0v) is 16.4. The second-order valence-electron chi connectivity index (χ2n) is 6.14. The van der Waals surface area contributed by atoms with Gasteiger partial charge in [-0.3, -0.25) is 9.59 Å². The first-order valence-corrected chi connectivity index (χ1v) is 9.38. The smallest absolute Gasteiger partial charge is 0.261 e. The molecule has 2 aromatic rings. The Kier molecular flexibility index (Phi) is 8.14. The average molecular weight is 389 g/mol. The van der Waals surface area contributed by atoms with E-state index in [1.165, 1.54) is 0 Å². The maximum atomic E-state index is 12.8. The number of likely N-dealkylation sites (N-methyl/N-ethyl adjacent to an activating group) is 1. The van der Waals surface area contributed by atoms with Gasteiger partial charge in [0, 0.05) is 18.1 Å². The molecule has 0 bridgehead atoms. The predicted octanol–water partition coefficient (Wildman–Crippen LogP) is 3.31. The number of carbonyl (C=O) groups is 2. The number of ether oxygens (including phenoxy) is 1. The lowest BCUT2D eigenvalue weighted by Crippen LogP contribution is -2.50. The van der Waals surface area contributed by atoms with E-state index in [2.05, 4.69) is 5.32 Å². The summed E-state index contributed by atoms with van der Waals surface area (Å²) < 4.78 is 5.56. The van der Waals surface area contributed by atoms with Crippen LogP contribution in [0.15, 0.2) is 54.6 Å². The molecule has 0 saturated heterocycles. The lowest BCUT2D eigenvalue weighted by atomic mass is 10.1. The number of rotatable bonds is 9. The second-order valence-corrected chi connectivity index (χ2v) is 6.58. The molecule has 2 amide bonds. The van der Waals surface area contributed by atoms with Crippen LogP contribution in [0.3, 0.4) is 0 Å². The third-order valence-corrected chi connectivity index (χ3v) is 4.40. The van der Waals surface area contributed by atoms with Crippen molar-refractivity contribution in [3.05, 3.63) is 65.2 Å². The number of nitrogens with zero attached hydrogens (tertiary/aromatic N) is 1. The molecule has 0 heterocycles. The van der Waals surface area contributed by atoms with Crippen molar-refractivity contribution < 1.29 is 14.3 Å². The summed E-state index contributed by atoms with van der Waals surface area (Å²) in [5.41, 5.74) is 1.11. The van der Waals surface area contributed by atoms with Gasteiger partial charge in [0.2, 0.25) is 5.91 Å². The van der Waals surface area contributed by atoms with Crippen LogP contribution in [0.5, 0.6) is 5.75 Å². The highest BCUT2D eigenvalue weighted by atomic mass is 35.5. The van der Waals surface area contributed by atoms with Crippen molar-refractivity contribution in [2.45, 2.75) is 26.3 Å². The van der Waals surface area contributed by atoms with Gasteiger partial charge in [0.05, 0.1) is 0 Å².